The van der Waals surface area contributed by atoms with Crippen LogP contribution in [0.2, 0.25) is 0 Å². The number of aromatic nitrogens is 2. The van der Waals surface area contributed by atoms with Crippen LogP contribution in [0.15, 0.2) is 88.8 Å². The van der Waals surface area contributed by atoms with E-state index in [0.29, 0.717) is 42.4 Å². The number of aliphatic carboxylic acids is 1. The van der Waals surface area contributed by atoms with Gasteiger partial charge in [0.2, 0.25) is 0 Å². The molecule has 0 saturated carbocycles. The molecule has 0 saturated heterocycles. The summed E-state index contributed by atoms with van der Waals surface area (Å²) in [5, 5.41) is 13.8. The lowest BCUT2D eigenvalue weighted by atomic mass is 9.99. The first-order valence-electron chi connectivity index (χ1n) is 12.2. The van der Waals surface area contributed by atoms with E-state index in [2.05, 4.69) is 17.3 Å². The second-order valence-corrected chi connectivity index (χ2v) is 9.00. The minimum absolute atomic E-state index is 0.0260. The van der Waals surface area contributed by atoms with Gasteiger partial charge in [-0.3, -0.25) is 14.2 Å². The summed E-state index contributed by atoms with van der Waals surface area (Å²) in [5.41, 5.74) is 4.14. The predicted octanol–water partition coefficient (Wildman–Crippen LogP) is 4.92. The second kappa shape index (κ2) is 10.6. The molecule has 1 aliphatic rings. The van der Waals surface area contributed by atoms with E-state index in [9.17, 15) is 9.59 Å². The maximum atomic E-state index is 13.6. The van der Waals surface area contributed by atoms with Gasteiger partial charge in [0.25, 0.3) is 5.56 Å². The Labute approximate surface area is 208 Å². The van der Waals surface area contributed by atoms with Crippen LogP contribution >= 0.6 is 0 Å². The average Bonchev–Trinajstić information content (AvgIpc) is 3.36. The number of benzene rings is 3. The zero-order chi connectivity index (χ0) is 24.9. The number of carboxylic acid groups (broad SMARTS) is 1. The number of fused-ring (bicyclic) bond motifs is 1. The highest BCUT2D eigenvalue weighted by Gasteiger charge is 2.23. The van der Waals surface area contributed by atoms with E-state index in [1.54, 1.807) is 10.6 Å². The molecule has 1 atom stereocenters. The molecule has 4 aromatic rings. The van der Waals surface area contributed by atoms with E-state index >= 15 is 0 Å². The average molecular weight is 482 g/mol. The van der Waals surface area contributed by atoms with E-state index in [0.717, 1.165) is 23.4 Å². The van der Waals surface area contributed by atoms with Gasteiger partial charge in [-0.2, -0.15) is 0 Å². The molecule has 0 unspecified atom stereocenters. The molecule has 7 nitrogen and oxygen atoms in total. The lowest BCUT2D eigenvalue weighted by Gasteiger charge is -2.14. The van der Waals surface area contributed by atoms with Crippen molar-refractivity contribution in [1.82, 2.24) is 9.55 Å². The van der Waals surface area contributed by atoms with Gasteiger partial charge in [-0.1, -0.05) is 59.8 Å². The molecule has 2 heterocycles. The number of rotatable bonds is 9. The van der Waals surface area contributed by atoms with Gasteiger partial charge in [-0.05, 0) is 42.7 Å². The van der Waals surface area contributed by atoms with Crippen LogP contribution in [-0.2, 0) is 22.5 Å². The molecule has 1 aliphatic heterocycles. The highest BCUT2D eigenvalue weighted by molar-refractivity contribution is 6.03. The summed E-state index contributed by atoms with van der Waals surface area (Å²) in [6, 6.07) is 25.2. The van der Waals surface area contributed by atoms with Crippen molar-refractivity contribution in [1.29, 1.82) is 0 Å². The second-order valence-electron chi connectivity index (χ2n) is 9.00. The number of hydrogen-bond donors (Lipinski definition) is 1. The molecule has 5 rings (SSSR count). The molecule has 7 heteroatoms. The van der Waals surface area contributed by atoms with Gasteiger partial charge >= 0.3 is 5.97 Å². The Balaban J connectivity index is 1.44. The van der Waals surface area contributed by atoms with Crippen molar-refractivity contribution in [2.75, 3.05) is 0 Å². The molecule has 1 N–H and O–H groups in total. The summed E-state index contributed by atoms with van der Waals surface area (Å²) in [5.74, 6) is -0.204. The summed E-state index contributed by atoms with van der Waals surface area (Å²) >= 11 is 0. The molecule has 0 amide bonds. The van der Waals surface area contributed by atoms with E-state index < -0.39 is 5.97 Å². The summed E-state index contributed by atoms with van der Waals surface area (Å²) < 4.78 is 1.63. The highest BCUT2D eigenvalue weighted by atomic mass is 16.6. The van der Waals surface area contributed by atoms with E-state index in [1.807, 2.05) is 60.7 Å². The first-order valence-corrected chi connectivity index (χ1v) is 12.2. The van der Waals surface area contributed by atoms with Crippen LogP contribution in [0.3, 0.4) is 0 Å². The molecule has 36 heavy (non-hydrogen) atoms. The van der Waals surface area contributed by atoms with Crippen LogP contribution in [0.1, 0.15) is 42.6 Å². The summed E-state index contributed by atoms with van der Waals surface area (Å²) in [6.45, 7) is 0. The van der Waals surface area contributed by atoms with Gasteiger partial charge in [0.1, 0.15) is 11.9 Å². The standard InChI is InChI=1S/C29H27N3O4/c33-28(34)14-8-7-13-27-30-26-18-21(25-19-23(36-31-25)17-20-9-3-1-4-10-20)15-16-24(26)29(35)32(27)22-11-5-2-6-12-22/h1-6,9-12,15-16,18,23H,7-8,13-14,17,19H2,(H,33,34)/t23-/m1/s1. The van der Waals surface area contributed by atoms with Crippen molar-refractivity contribution in [3.63, 3.8) is 0 Å². The number of para-hydroxylation sites is 1. The van der Waals surface area contributed by atoms with Crippen LogP contribution in [0.4, 0.5) is 0 Å². The number of nitrogens with zero attached hydrogens (tertiary/aromatic N) is 3. The lowest BCUT2D eigenvalue weighted by Crippen LogP contribution is -2.24. The molecule has 0 radical (unpaired) electrons. The van der Waals surface area contributed by atoms with Crippen molar-refractivity contribution in [3.8, 4) is 5.69 Å². The fraction of sp³-hybridized carbons (Fsp3) is 0.241. The third-order valence-electron chi connectivity index (χ3n) is 6.37. The highest BCUT2D eigenvalue weighted by Crippen LogP contribution is 2.23. The molecule has 0 fully saturated rings. The number of unbranched alkanes of at least 4 members (excludes halogenated alkanes) is 1. The van der Waals surface area contributed by atoms with Crippen LogP contribution < -0.4 is 5.56 Å². The fourth-order valence-corrected chi connectivity index (χ4v) is 4.57. The zero-order valence-corrected chi connectivity index (χ0v) is 19.8. The predicted molar refractivity (Wildman–Crippen MR) is 139 cm³/mol. The molecule has 0 aliphatic carbocycles. The molecular formula is C29H27N3O4. The van der Waals surface area contributed by atoms with Crippen molar-refractivity contribution in [2.24, 2.45) is 5.16 Å². The number of hydrogen-bond acceptors (Lipinski definition) is 5. The number of aryl methyl sites for hydroxylation is 1. The van der Waals surface area contributed by atoms with Crippen LogP contribution in [-0.4, -0.2) is 32.4 Å². The lowest BCUT2D eigenvalue weighted by molar-refractivity contribution is -0.137. The van der Waals surface area contributed by atoms with Crippen molar-refractivity contribution in [3.05, 3.63) is 106 Å². The monoisotopic (exact) mass is 481 g/mol. The van der Waals surface area contributed by atoms with Gasteiger partial charge in [-0.25, -0.2) is 4.98 Å². The Morgan fingerprint density at radius 2 is 1.75 bits per heavy atom. The van der Waals surface area contributed by atoms with Crippen molar-refractivity contribution in [2.45, 2.75) is 44.6 Å². The molecule has 182 valence electrons. The Morgan fingerprint density at radius 1 is 1.00 bits per heavy atom. The minimum Gasteiger partial charge on any atom is -0.481 e. The first kappa shape index (κ1) is 23.5. The zero-order valence-electron chi connectivity index (χ0n) is 19.8. The van der Waals surface area contributed by atoms with Gasteiger partial charge in [0.15, 0.2) is 0 Å². The third kappa shape index (κ3) is 5.20. The summed E-state index contributed by atoms with van der Waals surface area (Å²) in [7, 11) is 0. The van der Waals surface area contributed by atoms with Crippen LogP contribution in [0.5, 0.6) is 0 Å². The Bertz CT molecular complexity index is 1460. The van der Waals surface area contributed by atoms with Crippen molar-refractivity contribution < 1.29 is 14.7 Å². The number of oxime groups is 1. The summed E-state index contributed by atoms with van der Waals surface area (Å²) in [6.07, 6.45) is 3.18. The first-order chi connectivity index (χ1) is 17.6. The minimum atomic E-state index is -0.823. The summed E-state index contributed by atoms with van der Waals surface area (Å²) in [4.78, 5) is 35.0. The Kier molecular flexibility index (Phi) is 6.89. The maximum Gasteiger partial charge on any atom is 0.303 e. The van der Waals surface area contributed by atoms with Gasteiger partial charge in [0, 0.05) is 31.2 Å². The maximum absolute atomic E-state index is 13.6. The SMILES string of the molecule is O=C(O)CCCCc1nc2cc(C3=NO[C@H](Cc4ccccc4)C3)ccc2c(=O)n1-c1ccccc1. The largest absolute Gasteiger partial charge is 0.481 e. The Hall–Kier alpha value is -4.26. The molecule has 3 aromatic carbocycles. The van der Waals surface area contributed by atoms with E-state index in [1.165, 1.54) is 5.56 Å². The third-order valence-corrected chi connectivity index (χ3v) is 6.37. The molecule has 0 spiro atoms. The molecular weight excluding hydrogens is 454 g/mol. The quantitative estimate of drug-likeness (QED) is 0.343. The van der Waals surface area contributed by atoms with E-state index in [-0.39, 0.29) is 18.1 Å². The Morgan fingerprint density at radius 3 is 2.50 bits per heavy atom. The van der Waals surface area contributed by atoms with Crippen molar-refractivity contribution >= 4 is 22.6 Å². The topological polar surface area (TPSA) is 93.8 Å². The fourth-order valence-electron chi connectivity index (χ4n) is 4.57. The van der Waals surface area contributed by atoms with E-state index in [4.69, 9.17) is 14.9 Å². The molecule has 0 bridgehead atoms. The van der Waals surface area contributed by atoms with Crippen LogP contribution in [0.25, 0.3) is 16.6 Å². The smallest absolute Gasteiger partial charge is 0.303 e. The van der Waals surface area contributed by atoms with Crippen LogP contribution in [0, 0.1) is 0 Å². The normalized spacial score (nSPS) is 15.0. The van der Waals surface area contributed by atoms with Gasteiger partial charge in [0.05, 0.1) is 22.3 Å². The van der Waals surface area contributed by atoms with Gasteiger partial charge < -0.3 is 9.94 Å². The number of carboxylic acids is 1. The number of carbonyl (C=O) groups is 1. The molecule has 1 aromatic heterocycles. The van der Waals surface area contributed by atoms with Gasteiger partial charge in [-0.15, -0.1) is 0 Å².